The first-order valence-corrected chi connectivity index (χ1v) is 5.02. The minimum absolute atomic E-state index is 0.787. The van der Waals surface area contributed by atoms with Gasteiger partial charge in [-0.15, -0.1) is 11.3 Å². The molecule has 0 saturated heterocycles. The Morgan fingerprint density at radius 1 is 1.25 bits per heavy atom. The molecule has 1 aromatic heterocycles. The molecule has 1 aromatic carbocycles. The van der Waals surface area contributed by atoms with Crippen molar-refractivity contribution in [3.63, 3.8) is 0 Å². The molecule has 0 aliphatic carbocycles. The molecule has 0 amide bonds. The maximum atomic E-state index is 5.77. The first-order valence-electron chi connectivity index (χ1n) is 3.41. The van der Waals surface area contributed by atoms with Crippen LogP contribution in [0.5, 0.6) is 0 Å². The number of hydrogen-bond acceptors (Lipinski definition) is 3. The molecular weight excluding hydrogens is 236 g/mol. The molecule has 0 unspecified atom stereocenters. The Kier molecular flexibility index (Phi) is 1.73. The number of thiophene rings is 1. The summed E-state index contributed by atoms with van der Waals surface area (Å²) in [6.07, 6.45) is 0. The van der Waals surface area contributed by atoms with Crippen molar-refractivity contribution < 1.29 is 0 Å². The molecule has 2 rings (SSSR count). The second kappa shape index (κ2) is 2.64. The predicted octanol–water partition coefficient (Wildman–Crippen LogP) is 2.83. The van der Waals surface area contributed by atoms with E-state index in [-0.39, 0.29) is 0 Å². The van der Waals surface area contributed by atoms with Crippen molar-refractivity contribution >= 4 is 48.0 Å². The second-order valence-electron chi connectivity index (χ2n) is 2.53. The fourth-order valence-corrected chi connectivity index (χ4v) is 2.58. The van der Waals surface area contributed by atoms with Gasteiger partial charge >= 0.3 is 0 Å². The third-order valence-electron chi connectivity index (χ3n) is 1.68. The number of benzene rings is 1. The van der Waals surface area contributed by atoms with Gasteiger partial charge < -0.3 is 11.5 Å². The van der Waals surface area contributed by atoms with E-state index in [1.165, 1.54) is 11.3 Å². The van der Waals surface area contributed by atoms with E-state index in [9.17, 15) is 0 Å². The van der Waals surface area contributed by atoms with Gasteiger partial charge in [0.05, 0.1) is 9.70 Å². The van der Waals surface area contributed by atoms with Crippen LogP contribution in [0, 0.1) is 0 Å². The molecule has 0 fully saturated rings. The Bertz CT molecular complexity index is 397. The lowest BCUT2D eigenvalue weighted by atomic mass is 10.2. The summed E-state index contributed by atoms with van der Waals surface area (Å²) in [6, 6.07) is 5.74. The van der Waals surface area contributed by atoms with Crippen LogP contribution in [0.4, 0.5) is 10.7 Å². The molecule has 2 aromatic rings. The van der Waals surface area contributed by atoms with Crippen LogP contribution in [-0.2, 0) is 0 Å². The average molecular weight is 243 g/mol. The monoisotopic (exact) mass is 242 g/mol. The normalized spacial score (nSPS) is 10.8. The lowest BCUT2D eigenvalue weighted by molar-refractivity contribution is 1.76. The van der Waals surface area contributed by atoms with E-state index < -0.39 is 0 Å². The third kappa shape index (κ3) is 1.07. The van der Waals surface area contributed by atoms with Crippen LogP contribution in [0.25, 0.3) is 10.1 Å². The van der Waals surface area contributed by atoms with Gasteiger partial charge in [0.25, 0.3) is 0 Å². The van der Waals surface area contributed by atoms with Gasteiger partial charge in [0, 0.05) is 15.5 Å². The molecule has 4 heteroatoms. The van der Waals surface area contributed by atoms with Crippen LogP contribution in [0.1, 0.15) is 0 Å². The van der Waals surface area contributed by atoms with Crippen LogP contribution in [0.2, 0.25) is 0 Å². The lowest BCUT2D eigenvalue weighted by Gasteiger charge is -1.96. The molecular formula is C8H7BrN2S. The minimum Gasteiger partial charge on any atom is -0.398 e. The number of hydrogen-bond donors (Lipinski definition) is 2. The molecule has 0 aliphatic heterocycles. The Morgan fingerprint density at radius 2 is 2.00 bits per heavy atom. The van der Waals surface area contributed by atoms with E-state index in [0.29, 0.717) is 0 Å². The van der Waals surface area contributed by atoms with Crippen LogP contribution < -0.4 is 11.5 Å². The van der Waals surface area contributed by atoms with Crippen molar-refractivity contribution in [3.05, 3.63) is 22.7 Å². The molecule has 4 N–H and O–H groups in total. The molecule has 0 saturated carbocycles. The van der Waals surface area contributed by atoms with Gasteiger partial charge in [-0.1, -0.05) is 15.9 Å². The van der Waals surface area contributed by atoms with Crippen molar-refractivity contribution in [1.82, 2.24) is 0 Å². The summed E-state index contributed by atoms with van der Waals surface area (Å²) >= 11 is 4.96. The molecule has 0 radical (unpaired) electrons. The van der Waals surface area contributed by atoms with Crippen LogP contribution in [0.15, 0.2) is 22.7 Å². The van der Waals surface area contributed by atoms with Gasteiger partial charge in [-0.2, -0.15) is 0 Å². The number of halogens is 1. The zero-order valence-electron chi connectivity index (χ0n) is 6.17. The fourth-order valence-electron chi connectivity index (χ4n) is 1.13. The minimum atomic E-state index is 0.787. The number of anilines is 2. The van der Waals surface area contributed by atoms with E-state index >= 15 is 0 Å². The molecule has 0 aliphatic rings. The highest BCUT2D eigenvalue weighted by Crippen LogP contribution is 2.36. The zero-order valence-corrected chi connectivity index (χ0v) is 8.58. The van der Waals surface area contributed by atoms with E-state index in [0.717, 1.165) is 25.2 Å². The summed E-state index contributed by atoms with van der Waals surface area (Å²) in [6.45, 7) is 0. The molecule has 0 bridgehead atoms. The highest BCUT2D eigenvalue weighted by Gasteiger charge is 2.05. The van der Waals surface area contributed by atoms with Crippen molar-refractivity contribution in [2.24, 2.45) is 0 Å². The summed E-state index contributed by atoms with van der Waals surface area (Å²) in [5, 5.41) is 1.89. The maximum absolute atomic E-state index is 5.77. The second-order valence-corrected chi connectivity index (χ2v) is 4.47. The number of fused-ring (bicyclic) bond motifs is 1. The topological polar surface area (TPSA) is 52.0 Å². The highest BCUT2D eigenvalue weighted by atomic mass is 79.9. The standard InChI is InChI=1S/C8H7BrN2S/c9-5-1-2-6(10)8-4(5)3-7(11)12-8/h1-3H,10-11H2. The quantitative estimate of drug-likeness (QED) is 0.699. The van der Waals surface area contributed by atoms with Crippen molar-refractivity contribution in [1.29, 1.82) is 0 Å². The number of rotatable bonds is 0. The third-order valence-corrected chi connectivity index (χ3v) is 3.38. The summed E-state index contributed by atoms with van der Waals surface area (Å²) in [5.41, 5.74) is 12.2. The lowest BCUT2D eigenvalue weighted by Crippen LogP contribution is -1.82. The van der Waals surface area contributed by atoms with Gasteiger partial charge in [0.15, 0.2) is 0 Å². The average Bonchev–Trinajstić information content (AvgIpc) is 2.41. The summed E-state index contributed by atoms with van der Waals surface area (Å²) in [5.74, 6) is 0. The van der Waals surface area contributed by atoms with Crippen LogP contribution in [0.3, 0.4) is 0 Å². The fraction of sp³-hybridized carbons (Fsp3) is 0. The largest absolute Gasteiger partial charge is 0.398 e. The smallest absolute Gasteiger partial charge is 0.0870 e. The summed E-state index contributed by atoms with van der Waals surface area (Å²) < 4.78 is 2.10. The van der Waals surface area contributed by atoms with Crippen LogP contribution >= 0.6 is 27.3 Å². The first-order chi connectivity index (χ1) is 5.68. The summed E-state index contributed by atoms with van der Waals surface area (Å²) in [7, 11) is 0. The van der Waals surface area contributed by atoms with E-state index in [1.807, 2.05) is 18.2 Å². The Labute approximate surface area is 82.3 Å². The van der Waals surface area contributed by atoms with Crippen molar-refractivity contribution in [2.75, 3.05) is 11.5 Å². The molecule has 1 heterocycles. The van der Waals surface area contributed by atoms with Gasteiger partial charge in [0.2, 0.25) is 0 Å². The number of nitrogens with two attached hydrogens (primary N) is 2. The Hall–Kier alpha value is -0.740. The summed E-state index contributed by atoms with van der Waals surface area (Å²) in [4.78, 5) is 0. The van der Waals surface area contributed by atoms with Gasteiger partial charge in [-0.3, -0.25) is 0 Å². The van der Waals surface area contributed by atoms with E-state index in [4.69, 9.17) is 11.5 Å². The molecule has 62 valence electrons. The highest BCUT2D eigenvalue weighted by molar-refractivity contribution is 9.10. The molecule has 0 spiro atoms. The SMILES string of the molecule is Nc1cc2c(Br)ccc(N)c2s1. The Balaban J connectivity index is 2.93. The predicted molar refractivity (Wildman–Crippen MR) is 58.3 cm³/mol. The van der Waals surface area contributed by atoms with Gasteiger partial charge in [-0.25, -0.2) is 0 Å². The first kappa shape index (κ1) is 7.89. The molecule has 2 nitrogen and oxygen atoms in total. The van der Waals surface area contributed by atoms with Gasteiger partial charge in [-0.05, 0) is 18.2 Å². The van der Waals surface area contributed by atoms with Crippen molar-refractivity contribution in [2.45, 2.75) is 0 Å². The zero-order chi connectivity index (χ0) is 8.72. The van der Waals surface area contributed by atoms with E-state index in [1.54, 1.807) is 0 Å². The van der Waals surface area contributed by atoms with E-state index in [2.05, 4.69) is 15.9 Å². The van der Waals surface area contributed by atoms with Crippen molar-refractivity contribution in [3.8, 4) is 0 Å². The maximum Gasteiger partial charge on any atom is 0.0870 e. The van der Waals surface area contributed by atoms with Gasteiger partial charge in [0.1, 0.15) is 0 Å². The molecule has 12 heavy (non-hydrogen) atoms. The Morgan fingerprint density at radius 3 is 2.67 bits per heavy atom. The molecule has 0 atom stereocenters. The van der Waals surface area contributed by atoms with Crippen LogP contribution in [-0.4, -0.2) is 0 Å². The number of nitrogen functional groups attached to an aromatic ring is 2.